The van der Waals surface area contributed by atoms with Gasteiger partial charge in [0.2, 0.25) is 0 Å². The zero-order valence-electron chi connectivity index (χ0n) is 17.8. The van der Waals surface area contributed by atoms with Crippen LogP contribution < -0.4 is 9.61 Å². The summed E-state index contributed by atoms with van der Waals surface area (Å²) in [5.41, 5.74) is -1.26. The molecule has 0 saturated heterocycles. The molecule has 2 aromatic carbocycles. The summed E-state index contributed by atoms with van der Waals surface area (Å²) in [5, 5.41) is 12.7. The zero-order valence-corrected chi connectivity index (χ0v) is 18.7. The second kappa shape index (κ2) is 11.0. The number of hydrogen-bond donors (Lipinski definition) is 2. The van der Waals surface area contributed by atoms with E-state index in [1.807, 2.05) is 0 Å². The van der Waals surface area contributed by atoms with Gasteiger partial charge in [-0.1, -0.05) is 36.4 Å². The lowest BCUT2D eigenvalue weighted by molar-refractivity contribution is -0.149. The molecule has 2 N–H and O–H groups in total. The predicted octanol–water partition coefficient (Wildman–Crippen LogP) is 4.75. The smallest absolute Gasteiger partial charge is 0.459 e. The van der Waals surface area contributed by atoms with Gasteiger partial charge in [0.15, 0.2) is 0 Å². The first-order valence-corrected chi connectivity index (χ1v) is 11.3. The Morgan fingerprint density at radius 3 is 2.44 bits per heavy atom. The average molecular weight is 475 g/mol. The first kappa shape index (κ1) is 25.9. The van der Waals surface area contributed by atoms with Crippen LogP contribution in [-0.4, -0.2) is 42.6 Å². The molecule has 0 aromatic heterocycles. The van der Waals surface area contributed by atoms with E-state index in [1.54, 1.807) is 50.2 Å². The van der Waals surface area contributed by atoms with Crippen molar-refractivity contribution in [3.8, 4) is 5.75 Å². The maximum Gasteiger partial charge on any atom is 0.459 e. The fourth-order valence-electron chi connectivity index (χ4n) is 2.62. The van der Waals surface area contributed by atoms with E-state index >= 15 is 0 Å². The van der Waals surface area contributed by atoms with Gasteiger partial charge in [-0.2, -0.15) is 18.3 Å². The van der Waals surface area contributed by atoms with Gasteiger partial charge >= 0.3 is 19.9 Å². The lowest BCUT2D eigenvalue weighted by Crippen LogP contribution is -2.36. The van der Waals surface area contributed by atoms with Crippen molar-refractivity contribution in [1.82, 2.24) is 5.09 Å². The van der Waals surface area contributed by atoms with Gasteiger partial charge in [0.05, 0.1) is 24.9 Å². The third-order valence-corrected chi connectivity index (χ3v) is 5.76. The number of nitrogens with one attached hydrogen (secondary N) is 1. The third kappa shape index (κ3) is 7.34. The van der Waals surface area contributed by atoms with E-state index in [-0.39, 0.29) is 5.75 Å². The highest BCUT2D eigenvalue weighted by Gasteiger charge is 2.35. The number of rotatable bonds is 10. The normalized spacial score (nSPS) is 15.4. The first-order valence-electron chi connectivity index (χ1n) is 9.72. The van der Waals surface area contributed by atoms with Crippen molar-refractivity contribution in [3.63, 3.8) is 0 Å². The fourth-order valence-corrected chi connectivity index (χ4v) is 4.07. The summed E-state index contributed by atoms with van der Waals surface area (Å²) >= 11 is 0. The number of alkyl halides is 3. The number of esters is 1. The Labute approximate surface area is 183 Å². The zero-order chi connectivity index (χ0) is 23.9. The quantitative estimate of drug-likeness (QED) is 0.291. The molecule has 0 saturated carbocycles. The number of aliphatic hydroxyl groups excluding tert-OH is 1. The van der Waals surface area contributed by atoms with Gasteiger partial charge in [0.25, 0.3) is 0 Å². The number of benzene rings is 2. The molecule has 2 rings (SSSR count). The molecule has 0 aliphatic heterocycles. The summed E-state index contributed by atoms with van der Waals surface area (Å²) in [6, 6.07) is 10.8. The summed E-state index contributed by atoms with van der Waals surface area (Å²) in [5.74, 6) is -0.599. The molecule has 7 nitrogen and oxygen atoms in total. The van der Waals surface area contributed by atoms with Gasteiger partial charge in [0.1, 0.15) is 11.8 Å². The number of carbonyl (C=O) groups is 1. The van der Waals surface area contributed by atoms with E-state index in [1.165, 1.54) is 13.0 Å². The van der Waals surface area contributed by atoms with E-state index in [0.717, 1.165) is 5.39 Å². The second-order valence-corrected chi connectivity index (χ2v) is 8.78. The maximum absolute atomic E-state index is 13.4. The predicted molar refractivity (Wildman–Crippen MR) is 113 cm³/mol. The van der Waals surface area contributed by atoms with Crippen LogP contribution in [0.4, 0.5) is 13.2 Å². The Morgan fingerprint density at radius 1 is 1.16 bits per heavy atom. The maximum atomic E-state index is 13.4. The molecule has 2 aromatic rings. The Kier molecular flexibility index (Phi) is 8.86. The largest absolute Gasteiger partial charge is 0.462 e. The minimum atomic E-state index is -4.78. The van der Waals surface area contributed by atoms with Crippen LogP contribution in [0.1, 0.15) is 20.8 Å². The molecule has 32 heavy (non-hydrogen) atoms. The summed E-state index contributed by atoms with van der Waals surface area (Å²) in [7, 11) is -4.36. The molecule has 0 aliphatic rings. The highest BCUT2D eigenvalue weighted by Crippen LogP contribution is 2.47. The van der Waals surface area contributed by atoms with E-state index in [2.05, 4.69) is 5.09 Å². The molecule has 1 unspecified atom stereocenters. The van der Waals surface area contributed by atoms with Crippen LogP contribution in [0.15, 0.2) is 54.1 Å². The summed E-state index contributed by atoms with van der Waals surface area (Å²) < 4.78 is 67.7. The monoisotopic (exact) mass is 475 g/mol. The lowest BCUT2D eigenvalue weighted by Gasteiger charge is -2.23. The van der Waals surface area contributed by atoms with Crippen molar-refractivity contribution in [2.75, 3.05) is 13.2 Å². The Bertz CT molecular complexity index is 1000. The molecule has 0 fully saturated rings. The second-order valence-electron chi connectivity index (χ2n) is 7.08. The van der Waals surface area contributed by atoms with Crippen molar-refractivity contribution in [2.45, 2.75) is 39.1 Å². The number of carbonyl (C=O) groups excluding carboxylic acids is 1. The minimum absolute atomic E-state index is 0.144. The summed E-state index contributed by atoms with van der Waals surface area (Å²) in [6.07, 6.45) is -4.66. The number of halogens is 3. The average Bonchev–Trinajstić information content (AvgIpc) is 2.70. The van der Waals surface area contributed by atoms with Gasteiger partial charge in [-0.05, 0) is 38.3 Å². The summed E-state index contributed by atoms with van der Waals surface area (Å²) in [6.45, 7) is 2.55. The van der Waals surface area contributed by atoms with Crippen LogP contribution in [0.3, 0.4) is 0 Å². The SMILES string of the molecule is CC(C)OC(=O)[C@H](C)NP(=O)(OC/C=C(/CO)C(F)(F)F)Oc1cccc2ccccc12. The van der Waals surface area contributed by atoms with Gasteiger partial charge < -0.3 is 14.4 Å². The number of hydrogen-bond acceptors (Lipinski definition) is 6. The molecule has 2 atom stereocenters. The molecule has 0 spiro atoms. The first-order chi connectivity index (χ1) is 14.9. The Morgan fingerprint density at radius 2 is 1.81 bits per heavy atom. The number of fused-ring (bicyclic) bond motifs is 1. The van der Waals surface area contributed by atoms with Gasteiger partial charge in [-0.15, -0.1) is 0 Å². The van der Waals surface area contributed by atoms with Crippen LogP contribution in [0.5, 0.6) is 5.75 Å². The molecular formula is C21H25F3NO6P. The van der Waals surface area contributed by atoms with Crippen LogP contribution in [0.25, 0.3) is 10.8 Å². The summed E-state index contributed by atoms with van der Waals surface area (Å²) in [4.78, 5) is 12.1. The molecule has 11 heteroatoms. The van der Waals surface area contributed by atoms with Gasteiger partial charge in [-0.3, -0.25) is 9.32 Å². The molecule has 0 heterocycles. The van der Waals surface area contributed by atoms with Crippen LogP contribution >= 0.6 is 7.75 Å². The molecular weight excluding hydrogens is 450 g/mol. The van der Waals surface area contributed by atoms with Crippen LogP contribution in [-0.2, 0) is 18.6 Å². The van der Waals surface area contributed by atoms with Crippen LogP contribution in [0.2, 0.25) is 0 Å². The minimum Gasteiger partial charge on any atom is -0.462 e. The number of ether oxygens (including phenoxy) is 1. The van der Waals surface area contributed by atoms with E-state index in [9.17, 15) is 22.5 Å². The van der Waals surface area contributed by atoms with Crippen molar-refractivity contribution in [3.05, 3.63) is 54.1 Å². The van der Waals surface area contributed by atoms with Crippen molar-refractivity contribution in [1.29, 1.82) is 0 Å². The molecule has 0 bridgehead atoms. The Hall–Kier alpha value is -2.39. The topological polar surface area (TPSA) is 94.1 Å². The highest BCUT2D eigenvalue weighted by atomic mass is 31.2. The van der Waals surface area contributed by atoms with E-state index < -0.39 is 50.8 Å². The van der Waals surface area contributed by atoms with E-state index in [4.69, 9.17) is 18.9 Å². The highest BCUT2D eigenvalue weighted by molar-refractivity contribution is 7.52. The fraction of sp³-hybridized carbons (Fsp3) is 0.381. The van der Waals surface area contributed by atoms with Crippen molar-refractivity contribution < 1.29 is 41.4 Å². The third-order valence-electron chi connectivity index (χ3n) is 4.13. The molecule has 0 amide bonds. The lowest BCUT2D eigenvalue weighted by atomic mass is 10.1. The van der Waals surface area contributed by atoms with Gasteiger partial charge in [-0.25, -0.2) is 4.57 Å². The standard InChI is InChI=1S/C21H25F3NO6P/c1-14(2)30-20(27)15(3)25-32(28,29-12-11-17(13-26)21(22,23)24)31-19-10-6-8-16-7-4-5-9-18(16)19/h4-11,14-15,26H,12-13H2,1-3H3,(H,25,28)/b17-11-/t15-,32?/m0/s1. The van der Waals surface area contributed by atoms with E-state index in [0.29, 0.717) is 11.5 Å². The molecule has 0 aliphatic carbocycles. The Balaban J connectivity index is 2.32. The van der Waals surface area contributed by atoms with Crippen LogP contribution in [0, 0.1) is 0 Å². The molecule has 176 valence electrons. The number of aliphatic hydroxyl groups is 1. The molecule has 0 radical (unpaired) electrons. The van der Waals surface area contributed by atoms with Crippen molar-refractivity contribution >= 4 is 24.5 Å². The van der Waals surface area contributed by atoms with Crippen molar-refractivity contribution in [2.24, 2.45) is 0 Å². The van der Waals surface area contributed by atoms with Gasteiger partial charge in [0, 0.05) is 5.39 Å².